The van der Waals surface area contributed by atoms with Crippen LogP contribution in [0, 0.1) is 0 Å². The number of hydrogen-bond donors (Lipinski definition) is 0. The van der Waals surface area contributed by atoms with Crippen LogP contribution in [0.2, 0.25) is 0 Å². The van der Waals surface area contributed by atoms with Crippen molar-refractivity contribution in [2.45, 2.75) is 19.3 Å². The summed E-state index contributed by atoms with van der Waals surface area (Å²) < 4.78 is 0.466. The Kier molecular flexibility index (Phi) is 9.46. The molecule has 0 aromatic carbocycles. The molecule has 0 atom stereocenters. The van der Waals surface area contributed by atoms with Gasteiger partial charge in [0, 0.05) is 19.3 Å². The third-order valence-electron chi connectivity index (χ3n) is 3.43. The van der Waals surface area contributed by atoms with Crippen molar-refractivity contribution in [1.82, 2.24) is 14.2 Å². The quantitative estimate of drug-likeness (QED) is 0.289. The molecule has 0 spiro atoms. The summed E-state index contributed by atoms with van der Waals surface area (Å²) in [4.78, 5) is 86.0. The van der Waals surface area contributed by atoms with Crippen LogP contribution in [0.3, 0.4) is 0 Å². The zero-order valence-corrected chi connectivity index (χ0v) is 16.1. The minimum atomic E-state index is -1.32. The van der Waals surface area contributed by atoms with Crippen molar-refractivity contribution in [3.63, 3.8) is 0 Å². The predicted molar refractivity (Wildman–Crippen MR) is 103 cm³/mol. The topological polar surface area (TPSA) is 145 Å². The van der Waals surface area contributed by atoms with Gasteiger partial charge >= 0.3 is 17.1 Å². The normalized spacial score (nSPS) is 10.0. The van der Waals surface area contributed by atoms with Crippen LogP contribution < -0.4 is 31.6 Å². The molecule has 1 heterocycles. The van der Waals surface area contributed by atoms with Crippen molar-refractivity contribution in [1.29, 1.82) is 0 Å². The van der Waals surface area contributed by atoms with Gasteiger partial charge in [0.2, 0.25) is 0 Å². The van der Waals surface area contributed by atoms with E-state index >= 15 is 0 Å². The lowest BCUT2D eigenvalue weighted by atomic mass is 10.3. The molecule has 0 radical (unpaired) electrons. The van der Waals surface area contributed by atoms with Crippen LogP contribution in [-0.4, -0.2) is 51.4 Å². The molecule has 0 saturated carbocycles. The standard InChI is InChI=1S/C18H21N3O9/c1-4-13(22)7-10-28-19-16(25)20(29-11-8-14(23)5-2)18(27)21(17(19)26)30-12-9-15(24)6-3/h4-6H,1-3,7-12H2. The molecular weight excluding hydrogens is 402 g/mol. The number of carbonyl (C=O) groups is 3. The second kappa shape index (κ2) is 11.8. The Labute approximate surface area is 169 Å². The fourth-order valence-electron chi connectivity index (χ4n) is 1.84. The minimum Gasteiger partial charge on any atom is -0.404 e. The molecule has 0 aliphatic rings. The number of ketones is 3. The Balaban J connectivity index is 3.24. The number of nitrogens with zero attached hydrogens (tertiary/aromatic N) is 3. The first kappa shape index (κ1) is 24.1. The molecule has 0 amide bonds. The summed E-state index contributed by atoms with van der Waals surface area (Å²) in [6, 6.07) is 0. The van der Waals surface area contributed by atoms with Crippen LogP contribution in [-0.2, 0) is 14.4 Å². The van der Waals surface area contributed by atoms with Crippen LogP contribution >= 0.6 is 0 Å². The van der Waals surface area contributed by atoms with E-state index < -0.39 is 34.4 Å². The van der Waals surface area contributed by atoms with E-state index in [1.165, 1.54) is 0 Å². The van der Waals surface area contributed by atoms with E-state index in [-0.39, 0.29) is 53.3 Å². The summed E-state index contributed by atoms with van der Waals surface area (Å²) in [7, 11) is 0. The molecule has 0 unspecified atom stereocenters. The van der Waals surface area contributed by atoms with Gasteiger partial charge in [-0.15, -0.1) is 0 Å². The predicted octanol–water partition coefficient (Wildman–Crippen LogP) is -2.11. The molecule has 1 rings (SSSR count). The molecule has 0 fully saturated rings. The van der Waals surface area contributed by atoms with E-state index in [0.29, 0.717) is 0 Å². The van der Waals surface area contributed by atoms with Crippen molar-refractivity contribution < 1.29 is 28.9 Å². The summed E-state index contributed by atoms with van der Waals surface area (Å²) in [5, 5.41) is 0. The van der Waals surface area contributed by atoms with E-state index in [1.807, 2.05) is 0 Å². The third kappa shape index (κ3) is 6.58. The largest absolute Gasteiger partial charge is 0.404 e. The molecule has 12 heteroatoms. The maximum Gasteiger partial charge on any atom is 0.403 e. The highest BCUT2D eigenvalue weighted by atomic mass is 16.7. The molecule has 0 N–H and O–H groups in total. The Hall–Kier alpha value is -3.96. The van der Waals surface area contributed by atoms with Gasteiger partial charge in [-0.05, 0) is 18.2 Å². The van der Waals surface area contributed by atoms with Gasteiger partial charge in [0.15, 0.2) is 17.3 Å². The van der Waals surface area contributed by atoms with Gasteiger partial charge in [-0.1, -0.05) is 33.9 Å². The van der Waals surface area contributed by atoms with Crippen LogP contribution in [0.5, 0.6) is 0 Å². The molecular formula is C18H21N3O9. The smallest absolute Gasteiger partial charge is 0.403 e. The van der Waals surface area contributed by atoms with E-state index in [0.717, 1.165) is 18.2 Å². The van der Waals surface area contributed by atoms with Crippen LogP contribution in [0.4, 0.5) is 0 Å². The number of rotatable bonds is 15. The zero-order chi connectivity index (χ0) is 22.7. The first-order valence-corrected chi connectivity index (χ1v) is 8.63. The number of hydrogen-bond acceptors (Lipinski definition) is 9. The number of aromatic nitrogens is 3. The molecule has 0 aliphatic heterocycles. The summed E-state index contributed by atoms with van der Waals surface area (Å²) in [5.41, 5.74) is -3.95. The molecule has 0 saturated heterocycles. The fourth-order valence-corrected chi connectivity index (χ4v) is 1.84. The first-order valence-electron chi connectivity index (χ1n) is 8.63. The van der Waals surface area contributed by atoms with Crippen molar-refractivity contribution in [3.05, 3.63) is 69.4 Å². The summed E-state index contributed by atoms with van der Waals surface area (Å²) in [6.45, 7) is 8.67. The maximum atomic E-state index is 12.4. The molecule has 162 valence electrons. The Morgan fingerprint density at radius 1 is 0.600 bits per heavy atom. The maximum absolute atomic E-state index is 12.4. The summed E-state index contributed by atoms with van der Waals surface area (Å²) in [6.07, 6.45) is 2.51. The van der Waals surface area contributed by atoms with Crippen LogP contribution in [0.1, 0.15) is 19.3 Å². The molecule has 12 nitrogen and oxygen atoms in total. The number of carbonyl (C=O) groups excluding carboxylic acids is 3. The highest BCUT2D eigenvalue weighted by Gasteiger charge is 2.19. The summed E-state index contributed by atoms with van der Waals surface area (Å²) in [5.74, 6) is -1.22. The lowest BCUT2D eigenvalue weighted by molar-refractivity contribution is -0.116. The van der Waals surface area contributed by atoms with Crippen molar-refractivity contribution in [2.24, 2.45) is 0 Å². The molecule has 1 aromatic rings. The van der Waals surface area contributed by atoms with E-state index in [4.69, 9.17) is 14.5 Å². The monoisotopic (exact) mass is 423 g/mol. The van der Waals surface area contributed by atoms with E-state index in [2.05, 4.69) is 19.7 Å². The van der Waals surface area contributed by atoms with Crippen molar-refractivity contribution >= 4 is 17.3 Å². The van der Waals surface area contributed by atoms with Gasteiger partial charge in [0.25, 0.3) is 0 Å². The Morgan fingerprint density at radius 2 is 0.833 bits per heavy atom. The van der Waals surface area contributed by atoms with Gasteiger partial charge < -0.3 is 14.5 Å². The first-order chi connectivity index (χ1) is 14.3. The van der Waals surface area contributed by atoms with Gasteiger partial charge in [0.05, 0.1) is 0 Å². The van der Waals surface area contributed by atoms with Gasteiger partial charge in [-0.3, -0.25) is 14.4 Å². The van der Waals surface area contributed by atoms with E-state index in [1.54, 1.807) is 0 Å². The second-order valence-corrected chi connectivity index (χ2v) is 5.49. The average Bonchev–Trinajstić information content (AvgIpc) is 2.74. The molecule has 1 aromatic heterocycles. The molecule has 0 bridgehead atoms. The minimum absolute atomic E-state index is 0.155. The average molecular weight is 423 g/mol. The highest BCUT2D eigenvalue weighted by Crippen LogP contribution is 1.85. The van der Waals surface area contributed by atoms with Gasteiger partial charge in [-0.25, -0.2) is 14.4 Å². The summed E-state index contributed by atoms with van der Waals surface area (Å²) >= 11 is 0. The second-order valence-electron chi connectivity index (χ2n) is 5.49. The Bertz CT molecular complexity index is 854. The lowest BCUT2D eigenvalue weighted by Gasteiger charge is -2.14. The molecule has 30 heavy (non-hydrogen) atoms. The SMILES string of the molecule is C=CC(=O)CCOn1c(=O)n(OCCC(=O)C=C)c(=O)n(OCCC(=O)C=C)c1=O. The van der Waals surface area contributed by atoms with Gasteiger partial charge in [0.1, 0.15) is 19.8 Å². The van der Waals surface area contributed by atoms with Gasteiger partial charge in [-0.2, -0.15) is 0 Å². The highest BCUT2D eigenvalue weighted by molar-refractivity contribution is 5.89. The van der Waals surface area contributed by atoms with Crippen molar-refractivity contribution in [3.8, 4) is 0 Å². The van der Waals surface area contributed by atoms with Crippen LogP contribution in [0.15, 0.2) is 52.3 Å². The van der Waals surface area contributed by atoms with Crippen LogP contribution in [0.25, 0.3) is 0 Å². The zero-order valence-electron chi connectivity index (χ0n) is 16.1. The van der Waals surface area contributed by atoms with E-state index in [9.17, 15) is 28.8 Å². The molecule has 0 aliphatic carbocycles. The fraction of sp³-hybridized carbons (Fsp3) is 0.333. The lowest BCUT2D eigenvalue weighted by Crippen LogP contribution is -2.59. The third-order valence-corrected chi connectivity index (χ3v) is 3.43. The number of allylic oxidation sites excluding steroid dienone is 3. The van der Waals surface area contributed by atoms with Crippen molar-refractivity contribution in [2.75, 3.05) is 19.8 Å². The Morgan fingerprint density at radius 3 is 1.03 bits per heavy atom.